The van der Waals surface area contributed by atoms with Crippen LogP contribution < -0.4 is 0 Å². The standard InChI is InChI=1S/C13H23NO4S/c1-14(10-6-3-4-7-10)19(16,17)12-9-5-8-11(12)13(15)18-2/h10-12H,3-9H2,1-2H3. The van der Waals surface area contributed by atoms with E-state index in [9.17, 15) is 13.2 Å². The van der Waals surface area contributed by atoms with Crippen LogP contribution >= 0.6 is 0 Å². The van der Waals surface area contributed by atoms with Gasteiger partial charge in [0.05, 0.1) is 18.3 Å². The molecule has 2 saturated carbocycles. The summed E-state index contributed by atoms with van der Waals surface area (Å²) in [6.07, 6.45) is 6.03. The molecule has 19 heavy (non-hydrogen) atoms. The van der Waals surface area contributed by atoms with Crippen LogP contribution in [0.2, 0.25) is 0 Å². The second-order valence-corrected chi connectivity index (χ2v) is 7.81. The molecular formula is C13H23NO4S. The number of hydrogen-bond donors (Lipinski definition) is 0. The van der Waals surface area contributed by atoms with Gasteiger partial charge in [0.1, 0.15) is 0 Å². The van der Waals surface area contributed by atoms with Crippen LogP contribution in [0.4, 0.5) is 0 Å². The molecule has 5 nitrogen and oxygen atoms in total. The first-order valence-corrected chi connectivity index (χ1v) is 8.53. The number of hydrogen-bond acceptors (Lipinski definition) is 4. The van der Waals surface area contributed by atoms with Crippen molar-refractivity contribution in [1.82, 2.24) is 4.31 Å². The Bertz CT molecular complexity index is 428. The van der Waals surface area contributed by atoms with Gasteiger partial charge in [-0.25, -0.2) is 12.7 Å². The van der Waals surface area contributed by atoms with Crippen molar-refractivity contribution in [1.29, 1.82) is 0 Å². The zero-order valence-corrected chi connectivity index (χ0v) is 12.5. The minimum atomic E-state index is -3.39. The van der Waals surface area contributed by atoms with Gasteiger partial charge in [-0.15, -0.1) is 0 Å². The Kier molecular flexibility index (Phi) is 4.50. The first-order chi connectivity index (χ1) is 8.98. The average Bonchev–Trinajstić information content (AvgIpc) is 3.07. The summed E-state index contributed by atoms with van der Waals surface area (Å²) in [5.74, 6) is -0.871. The molecule has 110 valence electrons. The molecule has 0 N–H and O–H groups in total. The lowest BCUT2D eigenvalue weighted by Crippen LogP contribution is -2.44. The van der Waals surface area contributed by atoms with Gasteiger partial charge in [0.15, 0.2) is 0 Å². The summed E-state index contributed by atoms with van der Waals surface area (Å²) in [6.45, 7) is 0. The Morgan fingerprint density at radius 2 is 1.74 bits per heavy atom. The fraction of sp³-hybridized carbons (Fsp3) is 0.923. The van der Waals surface area contributed by atoms with Gasteiger partial charge in [0.25, 0.3) is 0 Å². The third kappa shape index (κ3) is 2.79. The van der Waals surface area contributed by atoms with Crippen molar-refractivity contribution in [2.24, 2.45) is 5.92 Å². The Hall–Kier alpha value is -0.620. The van der Waals surface area contributed by atoms with Gasteiger partial charge in [-0.05, 0) is 25.7 Å². The quantitative estimate of drug-likeness (QED) is 0.736. The van der Waals surface area contributed by atoms with Crippen LogP contribution in [0.5, 0.6) is 0 Å². The molecule has 2 unspecified atom stereocenters. The van der Waals surface area contributed by atoms with Crippen LogP contribution in [-0.4, -0.2) is 44.1 Å². The predicted molar refractivity (Wildman–Crippen MR) is 72.1 cm³/mol. The smallest absolute Gasteiger partial charge is 0.310 e. The zero-order valence-electron chi connectivity index (χ0n) is 11.7. The molecule has 0 saturated heterocycles. The van der Waals surface area contributed by atoms with Crippen molar-refractivity contribution in [3.05, 3.63) is 0 Å². The molecular weight excluding hydrogens is 266 g/mol. The van der Waals surface area contributed by atoms with Gasteiger partial charge in [-0.1, -0.05) is 19.3 Å². The van der Waals surface area contributed by atoms with Gasteiger partial charge in [0.2, 0.25) is 10.0 Å². The number of rotatable bonds is 4. The van der Waals surface area contributed by atoms with E-state index < -0.39 is 21.2 Å². The van der Waals surface area contributed by atoms with Crippen molar-refractivity contribution in [2.45, 2.75) is 56.2 Å². The number of carbonyl (C=O) groups excluding carboxylic acids is 1. The number of sulfonamides is 1. The van der Waals surface area contributed by atoms with Crippen molar-refractivity contribution in [3.63, 3.8) is 0 Å². The van der Waals surface area contributed by atoms with E-state index in [2.05, 4.69) is 0 Å². The maximum absolute atomic E-state index is 12.7. The van der Waals surface area contributed by atoms with Crippen LogP contribution in [0.1, 0.15) is 44.9 Å². The van der Waals surface area contributed by atoms with E-state index in [1.165, 1.54) is 11.4 Å². The predicted octanol–water partition coefficient (Wildman–Crippen LogP) is 1.53. The van der Waals surface area contributed by atoms with E-state index in [0.29, 0.717) is 12.8 Å². The Morgan fingerprint density at radius 1 is 1.11 bits per heavy atom. The molecule has 0 aromatic carbocycles. The Balaban J connectivity index is 2.15. The molecule has 0 aromatic heterocycles. The van der Waals surface area contributed by atoms with Crippen LogP contribution in [0.25, 0.3) is 0 Å². The fourth-order valence-electron chi connectivity index (χ4n) is 3.39. The van der Waals surface area contributed by atoms with Crippen molar-refractivity contribution in [3.8, 4) is 0 Å². The van der Waals surface area contributed by atoms with Crippen molar-refractivity contribution >= 4 is 16.0 Å². The first kappa shape index (κ1) is 14.8. The van der Waals surface area contributed by atoms with Crippen molar-refractivity contribution < 1.29 is 17.9 Å². The molecule has 0 radical (unpaired) electrons. The highest BCUT2D eigenvalue weighted by Gasteiger charge is 2.45. The van der Waals surface area contributed by atoms with Gasteiger partial charge in [0, 0.05) is 13.1 Å². The fourth-order valence-corrected chi connectivity index (χ4v) is 5.57. The zero-order chi connectivity index (χ0) is 14.0. The first-order valence-electron chi connectivity index (χ1n) is 7.03. The minimum absolute atomic E-state index is 0.115. The molecule has 0 spiro atoms. The van der Waals surface area contributed by atoms with E-state index in [-0.39, 0.29) is 12.0 Å². The monoisotopic (exact) mass is 289 g/mol. The van der Waals surface area contributed by atoms with Gasteiger partial charge < -0.3 is 4.74 Å². The largest absolute Gasteiger partial charge is 0.469 e. The summed E-state index contributed by atoms with van der Waals surface area (Å²) in [5, 5.41) is -0.592. The topological polar surface area (TPSA) is 63.7 Å². The van der Waals surface area contributed by atoms with Crippen molar-refractivity contribution in [2.75, 3.05) is 14.2 Å². The third-order valence-corrected chi connectivity index (χ3v) is 7.01. The number of ether oxygens (including phenoxy) is 1. The third-order valence-electron chi connectivity index (χ3n) is 4.58. The molecule has 0 aliphatic heterocycles. The Labute approximate surface area is 115 Å². The van der Waals surface area contributed by atoms with E-state index in [4.69, 9.17) is 4.74 Å². The molecule has 0 amide bonds. The molecule has 0 bridgehead atoms. The highest BCUT2D eigenvalue weighted by molar-refractivity contribution is 7.89. The maximum atomic E-state index is 12.7. The highest BCUT2D eigenvalue weighted by atomic mass is 32.2. The number of methoxy groups -OCH3 is 1. The van der Waals surface area contributed by atoms with E-state index in [1.54, 1.807) is 7.05 Å². The molecule has 2 rings (SSSR count). The van der Waals surface area contributed by atoms with Gasteiger partial charge in [-0.3, -0.25) is 4.79 Å². The molecule has 6 heteroatoms. The summed E-state index contributed by atoms with van der Waals surface area (Å²) in [5.41, 5.74) is 0. The van der Waals surface area contributed by atoms with E-state index in [1.807, 2.05) is 0 Å². The minimum Gasteiger partial charge on any atom is -0.469 e. The van der Waals surface area contributed by atoms with Crippen LogP contribution in [0.3, 0.4) is 0 Å². The molecule has 0 aromatic rings. The molecule has 0 heterocycles. The number of carbonyl (C=O) groups is 1. The summed E-state index contributed by atoms with van der Waals surface area (Å²) in [7, 11) is -0.405. The van der Waals surface area contributed by atoms with E-state index in [0.717, 1.165) is 32.1 Å². The summed E-state index contributed by atoms with van der Waals surface area (Å²) >= 11 is 0. The van der Waals surface area contributed by atoms with E-state index >= 15 is 0 Å². The second kappa shape index (κ2) is 5.79. The number of esters is 1. The molecule has 2 fully saturated rings. The second-order valence-electron chi connectivity index (χ2n) is 5.60. The summed E-state index contributed by atoms with van der Waals surface area (Å²) in [4.78, 5) is 11.7. The lowest BCUT2D eigenvalue weighted by Gasteiger charge is -2.28. The SMILES string of the molecule is COC(=O)C1CCCC1S(=O)(=O)N(C)C1CCCC1. The average molecular weight is 289 g/mol. The highest BCUT2D eigenvalue weighted by Crippen LogP contribution is 2.35. The molecule has 2 aliphatic carbocycles. The molecule has 2 atom stereocenters. The lowest BCUT2D eigenvalue weighted by atomic mass is 10.1. The molecule has 2 aliphatic rings. The van der Waals surface area contributed by atoms with Crippen LogP contribution in [-0.2, 0) is 19.6 Å². The number of nitrogens with zero attached hydrogens (tertiary/aromatic N) is 1. The van der Waals surface area contributed by atoms with Crippen LogP contribution in [0, 0.1) is 5.92 Å². The van der Waals surface area contributed by atoms with Crippen LogP contribution in [0.15, 0.2) is 0 Å². The Morgan fingerprint density at radius 3 is 2.32 bits per heavy atom. The maximum Gasteiger partial charge on any atom is 0.310 e. The normalized spacial score (nSPS) is 29.0. The summed E-state index contributed by atoms with van der Waals surface area (Å²) < 4.78 is 31.6. The summed E-state index contributed by atoms with van der Waals surface area (Å²) in [6, 6.07) is 0.115. The van der Waals surface area contributed by atoms with Gasteiger partial charge in [-0.2, -0.15) is 0 Å². The lowest BCUT2D eigenvalue weighted by molar-refractivity contribution is -0.145. The van der Waals surface area contributed by atoms with Gasteiger partial charge >= 0.3 is 5.97 Å².